The summed E-state index contributed by atoms with van der Waals surface area (Å²) in [6.07, 6.45) is 1.81. The molecule has 1 aliphatic rings. The lowest BCUT2D eigenvalue weighted by Crippen LogP contribution is -2.40. The zero-order valence-corrected chi connectivity index (χ0v) is 21.4. The molecule has 8 heteroatoms. The third-order valence-electron chi connectivity index (χ3n) is 6.14. The van der Waals surface area contributed by atoms with E-state index in [9.17, 15) is 4.79 Å². The van der Waals surface area contributed by atoms with Crippen molar-refractivity contribution in [1.82, 2.24) is 14.5 Å². The van der Waals surface area contributed by atoms with Gasteiger partial charge in [0, 0.05) is 22.4 Å². The van der Waals surface area contributed by atoms with E-state index in [1.165, 1.54) is 0 Å². The second kappa shape index (κ2) is 10.1. The molecule has 0 bridgehead atoms. The molecule has 5 rings (SSSR count). The molecule has 1 atom stereocenters. The Morgan fingerprint density at radius 1 is 1.06 bits per heavy atom. The summed E-state index contributed by atoms with van der Waals surface area (Å²) in [7, 11) is 0. The summed E-state index contributed by atoms with van der Waals surface area (Å²) in [6, 6.07) is 21.6. The summed E-state index contributed by atoms with van der Waals surface area (Å²) in [5.41, 5.74) is 3.77. The van der Waals surface area contributed by atoms with Crippen LogP contribution in [0, 0.1) is 5.92 Å². The van der Waals surface area contributed by atoms with E-state index in [-0.39, 0.29) is 11.8 Å². The maximum Gasteiger partial charge on any atom is 0.228 e. The Labute approximate surface area is 216 Å². The Kier molecular flexibility index (Phi) is 6.93. The first-order valence-corrected chi connectivity index (χ1v) is 12.7. The number of para-hydroxylation sites is 2. The summed E-state index contributed by atoms with van der Waals surface area (Å²) in [5.74, 6) is 0.868. The predicted octanol–water partition coefficient (Wildman–Crippen LogP) is 6.95. The molecule has 5 nitrogen and oxygen atoms in total. The van der Waals surface area contributed by atoms with Crippen LogP contribution in [0.15, 0.2) is 71.2 Å². The molecule has 1 N–H and O–H groups in total. The number of nitrogens with one attached hydrogen (secondary N) is 1. The highest BCUT2D eigenvalue weighted by Crippen LogP contribution is 2.28. The van der Waals surface area contributed by atoms with Crippen LogP contribution in [0.5, 0.6) is 0 Å². The van der Waals surface area contributed by atoms with Gasteiger partial charge in [-0.3, -0.25) is 14.3 Å². The predicted molar refractivity (Wildman–Crippen MR) is 142 cm³/mol. The molecule has 1 fully saturated rings. The van der Waals surface area contributed by atoms with Gasteiger partial charge in [-0.05, 0) is 74.0 Å². The largest absolute Gasteiger partial charge is 0.326 e. The number of aromatic nitrogens is 2. The van der Waals surface area contributed by atoms with Gasteiger partial charge < -0.3 is 5.32 Å². The van der Waals surface area contributed by atoms with E-state index in [0.717, 1.165) is 46.4 Å². The van der Waals surface area contributed by atoms with Gasteiger partial charge in [0.1, 0.15) is 5.82 Å². The molecule has 3 aromatic carbocycles. The normalized spacial score (nSPS) is 16.6. The first kappa shape index (κ1) is 23.4. The number of piperidine rings is 1. The zero-order chi connectivity index (χ0) is 23.7. The molecule has 174 valence electrons. The van der Waals surface area contributed by atoms with E-state index < -0.39 is 0 Å². The molecule has 4 aromatic rings. The lowest BCUT2D eigenvalue weighted by Gasteiger charge is -2.31. The molecule has 0 unspecified atom stereocenters. The number of hydrogen-bond acceptors (Lipinski definition) is 3. The molecule has 34 heavy (non-hydrogen) atoms. The van der Waals surface area contributed by atoms with Crippen molar-refractivity contribution in [2.45, 2.75) is 19.4 Å². The zero-order valence-electron chi connectivity index (χ0n) is 18.3. The van der Waals surface area contributed by atoms with Crippen molar-refractivity contribution in [3.8, 4) is 5.69 Å². The second-order valence-electron chi connectivity index (χ2n) is 8.52. The van der Waals surface area contributed by atoms with Crippen LogP contribution in [-0.4, -0.2) is 33.4 Å². The minimum absolute atomic E-state index is 0.00417. The van der Waals surface area contributed by atoms with Crippen LogP contribution in [0.3, 0.4) is 0 Å². The number of fused-ring (bicyclic) bond motifs is 1. The van der Waals surface area contributed by atoms with Crippen molar-refractivity contribution in [1.29, 1.82) is 0 Å². The monoisotopic (exact) mass is 556 g/mol. The third kappa shape index (κ3) is 5.01. The molecular weight excluding hydrogens is 535 g/mol. The van der Waals surface area contributed by atoms with Crippen molar-refractivity contribution >= 4 is 61.8 Å². The molecule has 0 saturated carbocycles. The highest BCUT2D eigenvalue weighted by atomic mass is 79.9. The molecule has 1 saturated heterocycles. The number of hydrogen-bond donors (Lipinski definition) is 1. The van der Waals surface area contributed by atoms with E-state index in [1.54, 1.807) is 18.2 Å². The summed E-state index contributed by atoms with van der Waals surface area (Å²) in [6.45, 7) is 2.28. The number of imidazole rings is 1. The lowest BCUT2D eigenvalue weighted by molar-refractivity contribution is -0.121. The quantitative estimate of drug-likeness (QED) is 0.289. The Morgan fingerprint density at radius 3 is 2.65 bits per heavy atom. The molecule has 2 heterocycles. The van der Waals surface area contributed by atoms with Crippen molar-refractivity contribution in [2.24, 2.45) is 5.92 Å². The molecule has 0 aliphatic carbocycles. The molecule has 1 aromatic heterocycles. The summed E-state index contributed by atoms with van der Waals surface area (Å²) < 4.78 is 3.25. The molecule has 1 amide bonds. The van der Waals surface area contributed by atoms with Gasteiger partial charge in [-0.15, -0.1) is 0 Å². The number of nitrogens with zero attached hydrogens (tertiary/aromatic N) is 3. The van der Waals surface area contributed by atoms with Crippen molar-refractivity contribution in [2.75, 3.05) is 18.4 Å². The fourth-order valence-corrected chi connectivity index (χ4v) is 5.05. The topological polar surface area (TPSA) is 50.2 Å². The van der Waals surface area contributed by atoms with Crippen LogP contribution >= 0.6 is 39.1 Å². The maximum absolute atomic E-state index is 13.0. The van der Waals surface area contributed by atoms with E-state index >= 15 is 0 Å². The SMILES string of the molecule is O=C(Nc1ccc(Cl)c(Cl)c1)[C@H]1CCCN(Cc2nc3ccccc3n2-c2ccc(Br)cc2)C1. The van der Waals surface area contributed by atoms with Gasteiger partial charge in [-0.2, -0.15) is 0 Å². The van der Waals surface area contributed by atoms with Crippen LogP contribution in [0.2, 0.25) is 10.0 Å². The number of likely N-dealkylation sites (tertiary alicyclic amines) is 1. The van der Waals surface area contributed by atoms with Gasteiger partial charge in [0.25, 0.3) is 0 Å². The highest BCUT2D eigenvalue weighted by Gasteiger charge is 2.27. The number of anilines is 1. The molecule has 1 aliphatic heterocycles. The maximum atomic E-state index is 13.0. The number of amides is 1. The number of carbonyl (C=O) groups excluding carboxylic acids is 1. The van der Waals surface area contributed by atoms with Crippen LogP contribution in [-0.2, 0) is 11.3 Å². The number of carbonyl (C=O) groups is 1. The molecule has 0 radical (unpaired) electrons. The summed E-state index contributed by atoms with van der Waals surface area (Å²) in [4.78, 5) is 20.2. The van der Waals surface area contributed by atoms with E-state index in [2.05, 4.69) is 48.9 Å². The van der Waals surface area contributed by atoms with E-state index in [1.807, 2.05) is 30.3 Å². The highest BCUT2D eigenvalue weighted by molar-refractivity contribution is 9.10. The second-order valence-corrected chi connectivity index (χ2v) is 10.3. The number of halogens is 3. The van der Waals surface area contributed by atoms with Gasteiger partial charge in [0.2, 0.25) is 5.91 Å². The van der Waals surface area contributed by atoms with Gasteiger partial charge in [-0.1, -0.05) is 51.3 Å². The van der Waals surface area contributed by atoms with E-state index in [4.69, 9.17) is 28.2 Å². The van der Waals surface area contributed by atoms with Crippen LogP contribution in [0.4, 0.5) is 5.69 Å². The average Bonchev–Trinajstić information content (AvgIpc) is 3.20. The fourth-order valence-electron chi connectivity index (χ4n) is 4.49. The Morgan fingerprint density at radius 2 is 1.85 bits per heavy atom. The molecular formula is C26H23BrCl2N4O. The number of rotatable bonds is 5. The number of benzene rings is 3. The minimum atomic E-state index is -0.103. The van der Waals surface area contributed by atoms with Crippen LogP contribution < -0.4 is 5.32 Å². The van der Waals surface area contributed by atoms with Gasteiger partial charge in [-0.25, -0.2) is 4.98 Å². The van der Waals surface area contributed by atoms with Crippen LogP contribution in [0.1, 0.15) is 18.7 Å². The average molecular weight is 558 g/mol. The van der Waals surface area contributed by atoms with Crippen molar-refractivity contribution in [3.05, 3.63) is 87.1 Å². The van der Waals surface area contributed by atoms with Crippen LogP contribution in [0.25, 0.3) is 16.7 Å². The van der Waals surface area contributed by atoms with Crippen molar-refractivity contribution in [3.63, 3.8) is 0 Å². The van der Waals surface area contributed by atoms with Gasteiger partial charge >= 0.3 is 0 Å². The molecule has 0 spiro atoms. The minimum Gasteiger partial charge on any atom is -0.326 e. The summed E-state index contributed by atoms with van der Waals surface area (Å²) in [5, 5.41) is 3.89. The summed E-state index contributed by atoms with van der Waals surface area (Å²) >= 11 is 15.6. The Hall–Kier alpha value is -2.38. The van der Waals surface area contributed by atoms with Gasteiger partial charge in [0.05, 0.1) is 33.5 Å². The lowest BCUT2D eigenvalue weighted by atomic mass is 9.97. The smallest absolute Gasteiger partial charge is 0.228 e. The fraction of sp³-hybridized carbons (Fsp3) is 0.231. The Bertz CT molecular complexity index is 1340. The van der Waals surface area contributed by atoms with Gasteiger partial charge in [0.15, 0.2) is 0 Å². The Balaban J connectivity index is 1.35. The first-order valence-electron chi connectivity index (χ1n) is 11.2. The van der Waals surface area contributed by atoms with E-state index in [0.29, 0.717) is 28.8 Å². The first-order chi connectivity index (χ1) is 16.5. The standard InChI is InChI=1S/C26H23BrCl2N4O/c27-18-7-10-20(11-8-18)33-24-6-2-1-5-23(24)31-25(33)16-32-13-3-4-17(15-32)26(34)30-19-9-12-21(28)22(29)14-19/h1-2,5-12,14,17H,3-4,13,15-16H2,(H,30,34)/t17-/m0/s1. The van der Waals surface area contributed by atoms with Crippen molar-refractivity contribution < 1.29 is 4.79 Å². The third-order valence-corrected chi connectivity index (χ3v) is 7.41.